The van der Waals surface area contributed by atoms with E-state index < -0.39 is 0 Å². The number of rotatable bonds is 4. The van der Waals surface area contributed by atoms with E-state index in [1.54, 1.807) is 30.5 Å². The maximum absolute atomic E-state index is 11.9. The van der Waals surface area contributed by atoms with E-state index in [2.05, 4.69) is 32.7 Å². The molecule has 1 aromatic carbocycles. The second-order valence-corrected chi connectivity index (χ2v) is 6.76. The number of hydrogen-bond donors (Lipinski definition) is 2. The standard InChI is InChI=1S/C14H16BrN3OS/c1-17-14(19)11-4-3-10(16)6-12(11)18(2)7-9-5-13(15)20-8-9/h3-6,8H,7,16H2,1-2H3,(H,17,19). The molecule has 2 aromatic rings. The van der Waals surface area contributed by atoms with Crippen molar-refractivity contribution in [1.29, 1.82) is 0 Å². The second-order valence-electron chi connectivity index (χ2n) is 4.47. The number of thiophene rings is 1. The molecule has 0 bridgehead atoms. The third-order valence-electron chi connectivity index (χ3n) is 2.95. The average Bonchev–Trinajstić information content (AvgIpc) is 2.83. The summed E-state index contributed by atoms with van der Waals surface area (Å²) in [4.78, 5) is 13.9. The largest absolute Gasteiger partial charge is 0.399 e. The second kappa shape index (κ2) is 6.28. The predicted molar refractivity (Wildman–Crippen MR) is 88.4 cm³/mol. The summed E-state index contributed by atoms with van der Waals surface area (Å²) in [5.41, 5.74) is 9.12. The predicted octanol–water partition coefficient (Wildman–Crippen LogP) is 3.09. The fourth-order valence-electron chi connectivity index (χ4n) is 1.98. The smallest absolute Gasteiger partial charge is 0.253 e. The molecule has 4 nitrogen and oxygen atoms in total. The first-order chi connectivity index (χ1) is 9.51. The van der Waals surface area contributed by atoms with Crippen molar-refractivity contribution in [3.05, 3.63) is 44.6 Å². The Labute approximate surface area is 130 Å². The van der Waals surface area contributed by atoms with Crippen LogP contribution in [0.4, 0.5) is 11.4 Å². The zero-order chi connectivity index (χ0) is 14.7. The highest BCUT2D eigenvalue weighted by atomic mass is 79.9. The quantitative estimate of drug-likeness (QED) is 0.830. The number of halogens is 1. The summed E-state index contributed by atoms with van der Waals surface area (Å²) >= 11 is 5.10. The lowest BCUT2D eigenvalue weighted by Crippen LogP contribution is -2.24. The summed E-state index contributed by atoms with van der Waals surface area (Å²) < 4.78 is 1.10. The average molecular weight is 354 g/mol. The summed E-state index contributed by atoms with van der Waals surface area (Å²) in [5.74, 6) is -0.113. The minimum Gasteiger partial charge on any atom is -0.399 e. The molecule has 3 N–H and O–H groups in total. The minimum atomic E-state index is -0.113. The molecule has 0 spiro atoms. The zero-order valence-electron chi connectivity index (χ0n) is 11.3. The van der Waals surface area contributed by atoms with E-state index in [1.165, 1.54) is 5.56 Å². The molecule has 20 heavy (non-hydrogen) atoms. The van der Waals surface area contributed by atoms with Gasteiger partial charge in [0.05, 0.1) is 15.0 Å². The molecule has 0 radical (unpaired) electrons. The number of carbonyl (C=O) groups excluding carboxylic acids is 1. The van der Waals surface area contributed by atoms with Crippen LogP contribution in [-0.2, 0) is 6.54 Å². The van der Waals surface area contributed by atoms with E-state index in [-0.39, 0.29) is 5.91 Å². The highest BCUT2D eigenvalue weighted by Crippen LogP contribution is 2.26. The van der Waals surface area contributed by atoms with Gasteiger partial charge < -0.3 is 16.0 Å². The van der Waals surface area contributed by atoms with Crippen LogP contribution in [-0.4, -0.2) is 20.0 Å². The zero-order valence-corrected chi connectivity index (χ0v) is 13.7. The lowest BCUT2D eigenvalue weighted by molar-refractivity contribution is 0.0963. The van der Waals surface area contributed by atoms with Gasteiger partial charge in [0.2, 0.25) is 0 Å². The number of nitrogens with one attached hydrogen (secondary N) is 1. The van der Waals surface area contributed by atoms with Crippen LogP contribution < -0.4 is 16.0 Å². The Morgan fingerprint density at radius 3 is 2.80 bits per heavy atom. The molecule has 1 heterocycles. The van der Waals surface area contributed by atoms with E-state index in [4.69, 9.17) is 5.73 Å². The van der Waals surface area contributed by atoms with Crippen LogP contribution in [0.3, 0.4) is 0 Å². The van der Waals surface area contributed by atoms with Gasteiger partial charge in [-0.3, -0.25) is 4.79 Å². The Kier molecular flexibility index (Phi) is 4.67. The van der Waals surface area contributed by atoms with Crippen LogP contribution in [0.1, 0.15) is 15.9 Å². The number of anilines is 2. The molecule has 106 valence electrons. The molecular weight excluding hydrogens is 338 g/mol. The third kappa shape index (κ3) is 3.32. The molecule has 6 heteroatoms. The first-order valence-corrected chi connectivity index (χ1v) is 7.74. The first kappa shape index (κ1) is 14.9. The van der Waals surface area contributed by atoms with Crippen LogP contribution in [0.15, 0.2) is 33.4 Å². The number of benzene rings is 1. The van der Waals surface area contributed by atoms with Gasteiger partial charge in [-0.15, -0.1) is 11.3 Å². The normalized spacial score (nSPS) is 10.3. The Bertz CT molecular complexity index is 627. The fraction of sp³-hybridized carbons (Fsp3) is 0.214. The lowest BCUT2D eigenvalue weighted by atomic mass is 10.1. The number of amides is 1. The van der Waals surface area contributed by atoms with Crippen LogP contribution in [0.5, 0.6) is 0 Å². The third-order valence-corrected chi connectivity index (χ3v) is 4.50. The molecule has 0 aliphatic rings. The molecule has 0 atom stereocenters. The Hall–Kier alpha value is -1.53. The van der Waals surface area contributed by atoms with E-state index in [1.807, 2.05) is 18.0 Å². The molecular formula is C14H16BrN3OS. The Morgan fingerprint density at radius 2 is 2.20 bits per heavy atom. The monoisotopic (exact) mass is 353 g/mol. The molecule has 1 amide bonds. The van der Waals surface area contributed by atoms with Gasteiger partial charge in [0.1, 0.15) is 0 Å². The molecule has 0 aliphatic heterocycles. The van der Waals surface area contributed by atoms with Gasteiger partial charge in [-0.05, 0) is 51.1 Å². The van der Waals surface area contributed by atoms with Gasteiger partial charge in [0.25, 0.3) is 5.91 Å². The van der Waals surface area contributed by atoms with Crippen molar-refractivity contribution in [2.45, 2.75) is 6.54 Å². The minimum absolute atomic E-state index is 0.113. The summed E-state index contributed by atoms with van der Waals surface area (Å²) in [6, 6.07) is 7.39. The lowest BCUT2D eigenvalue weighted by Gasteiger charge is -2.22. The number of nitrogens with zero attached hydrogens (tertiary/aromatic N) is 1. The SMILES string of the molecule is CNC(=O)c1ccc(N)cc1N(C)Cc1csc(Br)c1. The molecule has 0 saturated heterocycles. The van der Waals surface area contributed by atoms with Gasteiger partial charge in [-0.1, -0.05) is 0 Å². The van der Waals surface area contributed by atoms with E-state index in [0.717, 1.165) is 16.0 Å². The van der Waals surface area contributed by atoms with Crippen LogP contribution in [0.2, 0.25) is 0 Å². The Morgan fingerprint density at radius 1 is 1.45 bits per heavy atom. The van der Waals surface area contributed by atoms with Gasteiger partial charge in [0.15, 0.2) is 0 Å². The van der Waals surface area contributed by atoms with Crippen molar-refractivity contribution >= 4 is 44.5 Å². The van der Waals surface area contributed by atoms with Crippen LogP contribution in [0.25, 0.3) is 0 Å². The highest BCUT2D eigenvalue weighted by molar-refractivity contribution is 9.11. The van der Waals surface area contributed by atoms with Crippen LogP contribution >= 0.6 is 27.3 Å². The first-order valence-electron chi connectivity index (χ1n) is 6.07. The Balaban J connectivity index is 2.30. The van der Waals surface area contributed by atoms with E-state index in [0.29, 0.717) is 11.3 Å². The molecule has 2 rings (SSSR count). The van der Waals surface area contributed by atoms with Crippen molar-refractivity contribution in [2.24, 2.45) is 0 Å². The number of nitrogen functional groups attached to an aromatic ring is 1. The fourth-order valence-corrected chi connectivity index (χ4v) is 3.18. The van der Waals surface area contributed by atoms with Crippen molar-refractivity contribution in [1.82, 2.24) is 5.32 Å². The van der Waals surface area contributed by atoms with Crippen molar-refractivity contribution in [3.63, 3.8) is 0 Å². The van der Waals surface area contributed by atoms with Gasteiger partial charge >= 0.3 is 0 Å². The summed E-state index contributed by atoms with van der Waals surface area (Å²) in [6.07, 6.45) is 0. The highest BCUT2D eigenvalue weighted by Gasteiger charge is 2.14. The van der Waals surface area contributed by atoms with Gasteiger partial charge in [-0.25, -0.2) is 0 Å². The summed E-state index contributed by atoms with van der Waals surface area (Å²) in [7, 11) is 3.57. The maximum Gasteiger partial charge on any atom is 0.253 e. The van der Waals surface area contributed by atoms with Crippen molar-refractivity contribution < 1.29 is 4.79 Å². The van der Waals surface area contributed by atoms with E-state index in [9.17, 15) is 4.79 Å². The molecule has 1 aromatic heterocycles. The number of carbonyl (C=O) groups is 1. The van der Waals surface area contributed by atoms with Crippen molar-refractivity contribution in [2.75, 3.05) is 24.7 Å². The van der Waals surface area contributed by atoms with Crippen LogP contribution in [0, 0.1) is 0 Å². The molecule has 0 fully saturated rings. The molecule has 0 unspecified atom stereocenters. The number of hydrogen-bond acceptors (Lipinski definition) is 4. The summed E-state index contributed by atoms with van der Waals surface area (Å²) in [6.45, 7) is 0.718. The molecule has 0 aliphatic carbocycles. The van der Waals surface area contributed by atoms with Gasteiger partial charge in [-0.2, -0.15) is 0 Å². The van der Waals surface area contributed by atoms with Crippen molar-refractivity contribution in [3.8, 4) is 0 Å². The number of nitrogens with two attached hydrogens (primary N) is 1. The maximum atomic E-state index is 11.9. The van der Waals surface area contributed by atoms with E-state index >= 15 is 0 Å². The summed E-state index contributed by atoms with van der Waals surface area (Å²) in [5, 5.41) is 4.74. The topological polar surface area (TPSA) is 58.4 Å². The molecule has 0 saturated carbocycles. The van der Waals surface area contributed by atoms with Gasteiger partial charge in [0, 0.05) is 26.3 Å².